The molecule has 0 atom stereocenters. The molecule has 0 aliphatic heterocycles. The van der Waals surface area contributed by atoms with Gasteiger partial charge in [0.1, 0.15) is 5.82 Å². The molecule has 1 amide bonds. The average molecular weight is 477 g/mol. The molecule has 0 fully saturated rings. The van der Waals surface area contributed by atoms with Gasteiger partial charge in [-0.05, 0) is 62.2 Å². The van der Waals surface area contributed by atoms with Crippen molar-refractivity contribution in [1.82, 2.24) is 24.9 Å². The van der Waals surface area contributed by atoms with Crippen LogP contribution >= 0.6 is 11.8 Å². The standard InChI is InChI=1S/C25H28N6O2S/c1-15-7-8-16(2)20(13-15)31-17(3)28-29-24(31)34-14-21(32)26-19-11-9-18(10-12-19)22-27-23(33-30-22)25(4,5)6/h7-13H,14H2,1-6H3,(H,26,32). The van der Waals surface area contributed by atoms with E-state index in [2.05, 4.69) is 57.7 Å². The van der Waals surface area contributed by atoms with Crippen LogP contribution in [0.3, 0.4) is 0 Å². The number of carbonyl (C=O) groups is 1. The lowest BCUT2D eigenvalue weighted by atomic mass is 9.97. The van der Waals surface area contributed by atoms with Gasteiger partial charge in [0, 0.05) is 16.7 Å². The van der Waals surface area contributed by atoms with Crippen molar-refractivity contribution in [2.75, 3.05) is 11.1 Å². The first-order chi connectivity index (χ1) is 16.1. The first-order valence-electron chi connectivity index (χ1n) is 11.0. The van der Waals surface area contributed by atoms with Crippen molar-refractivity contribution >= 4 is 23.4 Å². The summed E-state index contributed by atoms with van der Waals surface area (Å²) in [6.45, 7) is 12.1. The second kappa shape index (κ2) is 9.42. The predicted molar refractivity (Wildman–Crippen MR) is 133 cm³/mol. The van der Waals surface area contributed by atoms with E-state index in [1.54, 1.807) is 0 Å². The molecule has 0 bridgehead atoms. The number of aryl methyl sites for hydroxylation is 3. The summed E-state index contributed by atoms with van der Waals surface area (Å²) in [6, 6.07) is 13.6. The molecule has 4 rings (SSSR count). The molecule has 8 nitrogen and oxygen atoms in total. The van der Waals surface area contributed by atoms with Gasteiger partial charge in [0.2, 0.25) is 17.6 Å². The second-order valence-electron chi connectivity index (χ2n) is 9.24. The minimum atomic E-state index is -0.211. The lowest BCUT2D eigenvalue weighted by Crippen LogP contribution is -2.14. The third-order valence-electron chi connectivity index (χ3n) is 5.23. The Morgan fingerprint density at radius 1 is 1.06 bits per heavy atom. The SMILES string of the molecule is Cc1ccc(C)c(-n2c(C)nnc2SCC(=O)Nc2ccc(-c3noc(C(C)(C)C)n3)cc2)c1. The van der Waals surface area contributed by atoms with Crippen LogP contribution in [0.4, 0.5) is 5.69 Å². The number of carbonyl (C=O) groups excluding carboxylic acids is 1. The van der Waals surface area contributed by atoms with Crippen molar-refractivity contribution in [2.45, 2.75) is 52.1 Å². The Kier molecular flexibility index (Phi) is 6.56. The Hall–Kier alpha value is -3.46. The first-order valence-corrected chi connectivity index (χ1v) is 12.0. The first kappa shape index (κ1) is 23.7. The summed E-state index contributed by atoms with van der Waals surface area (Å²) in [7, 11) is 0. The van der Waals surface area contributed by atoms with Gasteiger partial charge in [0.05, 0.1) is 11.4 Å². The number of hydrogen-bond acceptors (Lipinski definition) is 7. The summed E-state index contributed by atoms with van der Waals surface area (Å²) in [5, 5.41) is 16.2. The van der Waals surface area contributed by atoms with Gasteiger partial charge in [-0.3, -0.25) is 9.36 Å². The Morgan fingerprint density at radius 2 is 1.79 bits per heavy atom. The molecule has 0 spiro atoms. The number of nitrogens with one attached hydrogen (secondary N) is 1. The van der Waals surface area contributed by atoms with Gasteiger partial charge in [0.15, 0.2) is 5.16 Å². The summed E-state index contributed by atoms with van der Waals surface area (Å²) in [5.41, 5.74) is 4.61. The summed E-state index contributed by atoms with van der Waals surface area (Å²) < 4.78 is 7.35. The zero-order valence-corrected chi connectivity index (χ0v) is 21.0. The number of aromatic nitrogens is 5. The van der Waals surface area contributed by atoms with E-state index in [-0.39, 0.29) is 17.1 Å². The molecule has 0 saturated carbocycles. The number of benzene rings is 2. The molecule has 176 valence electrons. The molecule has 9 heteroatoms. The van der Waals surface area contributed by atoms with E-state index in [0.29, 0.717) is 22.6 Å². The van der Waals surface area contributed by atoms with E-state index in [1.165, 1.54) is 11.8 Å². The lowest BCUT2D eigenvalue weighted by Gasteiger charge is -2.12. The number of thioether (sulfide) groups is 1. The fourth-order valence-electron chi connectivity index (χ4n) is 3.35. The lowest BCUT2D eigenvalue weighted by molar-refractivity contribution is -0.113. The molecule has 0 aliphatic carbocycles. The predicted octanol–water partition coefficient (Wildman–Crippen LogP) is 5.27. The third-order valence-corrected chi connectivity index (χ3v) is 6.16. The zero-order valence-electron chi connectivity index (χ0n) is 20.2. The molecule has 0 radical (unpaired) electrons. The number of nitrogens with zero attached hydrogens (tertiary/aromatic N) is 5. The summed E-state index contributed by atoms with van der Waals surface area (Å²) >= 11 is 1.35. The minimum Gasteiger partial charge on any atom is -0.338 e. The number of hydrogen-bond donors (Lipinski definition) is 1. The molecule has 4 aromatic rings. The summed E-state index contributed by atoms with van der Waals surface area (Å²) in [5.74, 6) is 1.98. The fraction of sp³-hybridized carbons (Fsp3) is 0.320. The van der Waals surface area contributed by atoms with Gasteiger partial charge in [-0.2, -0.15) is 4.98 Å². The van der Waals surface area contributed by atoms with Crippen molar-refractivity contribution in [2.24, 2.45) is 0 Å². The van der Waals surface area contributed by atoms with Crippen LogP contribution in [0, 0.1) is 20.8 Å². The molecule has 2 heterocycles. The van der Waals surface area contributed by atoms with E-state index in [4.69, 9.17) is 4.52 Å². The second-order valence-corrected chi connectivity index (χ2v) is 10.2. The molecule has 2 aromatic heterocycles. The highest BCUT2D eigenvalue weighted by Gasteiger charge is 2.22. The van der Waals surface area contributed by atoms with E-state index < -0.39 is 0 Å². The van der Waals surface area contributed by atoms with Crippen LogP contribution in [0.1, 0.15) is 43.6 Å². The van der Waals surface area contributed by atoms with E-state index in [0.717, 1.165) is 28.2 Å². The van der Waals surface area contributed by atoms with Crippen LogP contribution in [0.2, 0.25) is 0 Å². The highest BCUT2D eigenvalue weighted by atomic mass is 32.2. The molecule has 0 unspecified atom stereocenters. The number of rotatable bonds is 6. The summed E-state index contributed by atoms with van der Waals surface area (Å²) in [6.07, 6.45) is 0. The van der Waals surface area contributed by atoms with Crippen LogP contribution in [0.25, 0.3) is 17.1 Å². The van der Waals surface area contributed by atoms with Crippen molar-refractivity contribution in [1.29, 1.82) is 0 Å². The van der Waals surface area contributed by atoms with E-state index in [9.17, 15) is 4.79 Å². The molecule has 2 aromatic carbocycles. The van der Waals surface area contributed by atoms with Crippen LogP contribution in [0.15, 0.2) is 52.1 Å². The van der Waals surface area contributed by atoms with Crippen molar-refractivity contribution in [3.63, 3.8) is 0 Å². The number of amides is 1. The van der Waals surface area contributed by atoms with Crippen molar-refractivity contribution < 1.29 is 9.32 Å². The monoisotopic (exact) mass is 476 g/mol. The largest absolute Gasteiger partial charge is 0.338 e. The maximum Gasteiger partial charge on any atom is 0.234 e. The van der Waals surface area contributed by atoms with Gasteiger partial charge < -0.3 is 9.84 Å². The fourth-order valence-corrected chi connectivity index (χ4v) is 4.14. The van der Waals surface area contributed by atoms with Crippen LogP contribution in [-0.2, 0) is 10.2 Å². The molecular formula is C25H28N6O2S. The maximum atomic E-state index is 12.6. The normalized spacial score (nSPS) is 11.6. The Bertz CT molecular complexity index is 1320. The third kappa shape index (κ3) is 5.20. The van der Waals surface area contributed by atoms with Crippen LogP contribution in [0.5, 0.6) is 0 Å². The van der Waals surface area contributed by atoms with Crippen molar-refractivity contribution in [3.05, 3.63) is 65.3 Å². The Labute approximate surface area is 203 Å². The molecule has 1 N–H and O–H groups in total. The van der Waals surface area contributed by atoms with Gasteiger partial charge in [-0.15, -0.1) is 10.2 Å². The van der Waals surface area contributed by atoms with E-state index >= 15 is 0 Å². The highest BCUT2D eigenvalue weighted by molar-refractivity contribution is 7.99. The van der Waals surface area contributed by atoms with Gasteiger partial charge in [-0.1, -0.05) is 49.8 Å². The Balaban J connectivity index is 1.41. The minimum absolute atomic E-state index is 0.125. The topological polar surface area (TPSA) is 98.7 Å². The maximum absolute atomic E-state index is 12.6. The molecule has 0 aliphatic rings. The van der Waals surface area contributed by atoms with E-state index in [1.807, 2.05) is 56.5 Å². The smallest absolute Gasteiger partial charge is 0.234 e. The van der Waals surface area contributed by atoms with Crippen LogP contribution in [-0.4, -0.2) is 36.6 Å². The van der Waals surface area contributed by atoms with Gasteiger partial charge in [-0.25, -0.2) is 0 Å². The molecular weight excluding hydrogens is 448 g/mol. The van der Waals surface area contributed by atoms with Gasteiger partial charge in [0.25, 0.3) is 0 Å². The number of anilines is 1. The molecule has 0 saturated heterocycles. The quantitative estimate of drug-likeness (QED) is 0.378. The van der Waals surface area contributed by atoms with Crippen LogP contribution < -0.4 is 5.32 Å². The molecule has 34 heavy (non-hydrogen) atoms. The Morgan fingerprint density at radius 3 is 2.47 bits per heavy atom. The zero-order chi connectivity index (χ0) is 24.5. The van der Waals surface area contributed by atoms with Crippen molar-refractivity contribution in [3.8, 4) is 17.1 Å². The highest BCUT2D eigenvalue weighted by Crippen LogP contribution is 2.26. The average Bonchev–Trinajstić information content (AvgIpc) is 3.42. The summed E-state index contributed by atoms with van der Waals surface area (Å²) in [4.78, 5) is 17.1. The van der Waals surface area contributed by atoms with Gasteiger partial charge >= 0.3 is 0 Å².